The van der Waals surface area contributed by atoms with Crippen molar-refractivity contribution in [2.24, 2.45) is 0 Å². The molecule has 2 aliphatic rings. The largest absolute Gasteiger partial charge is 0.379 e. The summed E-state index contributed by atoms with van der Waals surface area (Å²) < 4.78 is 7.32. The van der Waals surface area contributed by atoms with Crippen molar-refractivity contribution >= 4 is 11.7 Å². The van der Waals surface area contributed by atoms with Crippen LogP contribution in [0, 0.1) is 0 Å². The van der Waals surface area contributed by atoms with Crippen LogP contribution in [0.5, 0.6) is 0 Å². The molecule has 2 aromatic rings. The Kier molecular flexibility index (Phi) is 5.17. The average molecular weight is 357 g/mol. The molecule has 1 saturated carbocycles. The lowest BCUT2D eigenvalue weighted by Crippen LogP contribution is -2.58. The summed E-state index contributed by atoms with van der Waals surface area (Å²) in [5, 5.41) is 3.17. The number of carbonyl (C=O) groups is 1. The van der Waals surface area contributed by atoms with Gasteiger partial charge in [0.1, 0.15) is 5.69 Å². The van der Waals surface area contributed by atoms with Gasteiger partial charge in [0.2, 0.25) is 5.78 Å². The summed E-state index contributed by atoms with van der Waals surface area (Å²) in [4.78, 5) is 23.8. The number of nitrogens with one attached hydrogen (secondary N) is 1. The number of imidazole rings is 1. The molecule has 7 heteroatoms. The predicted molar refractivity (Wildman–Crippen MR) is 98.1 cm³/mol. The van der Waals surface area contributed by atoms with Crippen molar-refractivity contribution in [1.82, 2.24) is 24.6 Å². The fraction of sp³-hybridized carbons (Fsp3) is 0.632. The molecule has 1 amide bonds. The van der Waals surface area contributed by atoms with Crippen molar-refractivity contribution in [3.63, 3.8) is 0 Å². The molecule has 7 nitrogen and oxygen atoms in total. The Morgan fingerprint density at radius 3 is 2.69 bits per heavy atom. The van der Waals surface area contributed by atoms with Gasteiger partial charge in [0.25, 0.3) is 5.91 Å². The Bertz CT molecular complexity index is 712. The molecular formula is C19H27N5O2. The maximum absolute atomic E-state index is 12.7. The second-order valence-corrected chi connectivity index (χ2v) is 7.37. The monoisotopic (exact) mass is 357 g/mol. The van der Waals surface area contributed by atoms with Crippen LogP contribution in [0.15, 0.2) is 24.7 Å². The van der Waals surface area contributed by atoms with Gasteiger partial charge < -0.3 is 10.1 Å². The van der Waals surface area contributed by atoms with Crippen molar-refractivity contribution in [1.29, 1.82) is 0 Å². The van der Waals surface area contributed by atoms with Crippen molar-refractivity contribution in [3.8, 4) is 0 Å². The lowest BCUT2D eigenvalue weighted by molar-refractivity contribution is -0.0281. The quantitative estimate of drug-likeness (QED) is 0.846. The smallest absolute Gasteiger partial charge is 0.271 e. The molecule has 1 aliphatic carbocycles. The Morgan fingerprint density at radius 1 is 1.19 bits per heavy atom. The highest BCUT2D eigenvalue weighted by Crippen LogP contribution is 2.33. The van der Waals surface area contributed by atoms with E-state index in [2.05, 4.69) is 20.2 Å². The van der Waals surface area contributed by atoms with Gasteiger partial charge in [-0.15, -0.1) is 0 Å². The molecule has 0 radical (unpaired) electrons. The normalized spacial score (nSPS) is 21.4. The fourth-order valence-corrected chi connectivity index (χ4v) is 4.30. The first kappa shape index (κ1) is 17.4. The zero-order chi connectivity index (χ0) is 17.8. The summed E-state index contributed by atoms with van der Waals surface area (Å²) in [7, 11) is 0. The van der Waals surface area contributed by atoms with Crippen LogP contribution in [0.2, 0.25) is 0 Å². The van der Waals surface area contributed by atoms with Crippen LogP contribution in [0.1, 0.15) is 49.0 Å². The minimum absolute atomic E-state index is 0.0490. The van der Waals surface area contributed by atoms with Gasteiger partial charge in [0.15, 0.2) is 0 Å². The maximum Gasteiger partial charge on any atom is 0.271 e. The SMILES string of the molecule is O=C(NCC1(N2CCOCC2)CCCCCC1)c1cn2cccnc2n1. The third-order valence-corrected chi connectivity index (χ3v) is 5.76. The summed E-state index contributed by atoms with van der Waals surface area (Å²) in [5.41, 5.74) is 0.474. The number of carbonyl (C=O) groups excluding carboxylic acids is 1. The predicted octanol–water partition coefficient (Wildman–Crippen LogP) is 1.88. The van der Waals surface area contributed by atoms with E-state index in [1.165, 1.54) is 25.7 Å². The summed E-state index contributed by atoms with van der Waals surface area (Å²) in [5.74, 6) is 0.433. The minimum Gasteiger partial charge on any atom is -0.379 e. The molecule has 0 unspecified atom stereocenters. The molecule has 4 rings (SSSR count). The summed E-state index contributed by atoms with van der Waals surface area (Å²) >= 11 is 0. The number of nitrogens with zero attached hydrogens (tertiary/aromatic N) is 4. The van der Waals surface area contributed by atoms with Gasteiger partial charge in [-0.3, -0.25) is 14.1 Å². The number of ether oxygens (including phenoxy) is 1. The number of hydrogen-bond donors (Lipinski definition) is 1. The summed E-state index contributed by atoms with van der Waals surface area (Å²) in [6.45, 7) is 4.15. The molecular weight excluding hydrogens is 330 g/mol. The van der Waals surface area contributed by atoms with Crippen molar-refractivity contribution in [3.05, 3.63) is 30.4 Å². The highest BCUT2D eigenvalue weighted by molar-refractivity contribution is 5.92. The average Bonchev–Trinajstić information content (AvgIpc) is 2.98. The van der Waals surface area contributed by atoms with E-state index in [4.69, 9.17) is 4.74 Å². The van der Waals surface area contributed by atoms with Gasteiger partial charge in [-0.2, -0.15) is 0 Å². The van der Waals surface area contributed by atoms with Crippen LogP contribution in [0.3, 0.4) is 0 Å². The van der Waals surface area contributed by atoms with Gasteiger partial charge in [0, 0.05) is 43.8 Å². The topological polar surface area (TPSA) is 71.8 Å². The first-order valence-electron chi connectivity index (χ1n) is 9.68. The number of morpholine rings is 1. The minimum atomic E-state index is -0.118. The second kappa shape index (κ2) is 7.72. The summed E-state index contributed by atoms with van der Waals surface area (Å²) in [6.07, 6.45) is 12.6. The number of rotatable bonds is 4. The van der Waals surface area contributed by atoms with Crippen LogP contribution >= 0.6 is 0 Å². The second-order valence-electron chi connectivity index (χ2n) is 7.37. The lowest BCUT2D eigenvalue weighted by Gasteiger charge is -2.45. The first-order valence-corrected chi connectivity index (χ1v) is 9.68. The van der Waals surface area contributed by atoms with Gasteiger partial charge in [0.05, 0.1) is 13.2 Å². The third kappa shape index (κ3) is 3.59. The maximum atomic E-state index is 12.7. The lowest BCUT2D eigenvalue weighted by atomic mass is 9.87. The zero-order valence-corrected chi connectivity index (χ0v) is 15.2. The molecule has 1 N–H and O–H groups in total. The van der Waals surface area contributed by atoms with E-state index in [0.717, 1.165) is 39.1 Å². The molecule has 1 aliphatic heterocycles. The number of amides is 1. The Labute approximate surface area is 153 Å². The highest BCUT2D eigenvalue weighted by atomic mass is 16.5. The van der Waals surface area contributed by atoms with E-state index < -0.39 is 0 Å². The van der Waals surface area contributed by atoms with Crippen molar-refractivity contribution in [2.45, 2.75) is 44.1 Å². The van der Waals surface area contributed by atoms with Gasteiger partial charge in [-0.1, -0.05) is 25.7 Å². The van der Waals surface area contributed by atoms with Gasteiger partial charge in [-0.25, -0.2) is 9.97 Å². The number of fused-ring (bicyclic) bond motifs is 1. The molecule has 26 heavy (non-hydrogen) atoms. The number of hydrogen-bond acceptors (Lipinski definition) is 5. The Morgan fingerprint density at radius 2 is 1.96 bits per heavy atom. The Hall–Kier alpha value is -1.99. The van der Waals surface area contributed by atoms with Crippen LogP contribution in [-0.4, -0.2) is 63.6 Å². The van der Waals surface area contributed by atoms with Crippen molar-refractivity contribution < 1.29 is 9.53 Å². The number of aromatic nitrogens is 3. The molecule has 1 saturated heterocycles. The molecule has 2 fully saturated rings. The molecule has 140 valence electrons. The van der Waals surface area contributed by atoms with Crippen LogP contribution in [0.25, 0.3) is 5.78 Å². The van der Waals surface area contributed by atoms with E-state index in [-0.39, 0.29) is 11.4 Å². The van der Waals surface area contributed by atoms with E-state index >= 15 is 0 Å². The molecule has 0 spiro atoms. The molecule has 0 bridgehead atoms. The van der Waals surface area contributed by atoms with Crippen LogP contribution in [-0.2, 0) is 4.74 Å². The van der Waals surface area contributed by atoms with Gasteiger partial charge in [-0.05, 0) is 18.9 Å². The zero-order valence-electron chi connectivity index (χ0n) is 15.2. The van der Waals surface area contributed by atoms with E-state index in [0.29, 0.717) is 18.0 Å². The first-order chi connectivity index (χ1) is 12.8. The highest BCUT2D eigenvalue weighted by Gasteiger charge is 2.38. The van der Waals surface area contributed by atoms with Gasteiger partial charge >= 0.3 is 0 Å². The van der Waals surface area contributed by atoms with Crippen molar-refractivity contribution in [2.75, 3.05) is 32.8 Å². The standard InChI is InChI=1S/C19H27N5O2/c25-17(16-14-23-9-5-8-20-18(23)22-16)21-15-19(6-3-1-2-4-7-19)24-10-12-26-13-11-24/h5,8-9,14H,1-4,6-7,10-13,15H2,(H,21,25). The molecule has 2 aromatic heterocycles. The van der Waals surface area contributed by atoms with E-state index in [1.54, 1.807) is 16.8 Å². The fourth-order valence-electron chi connectivity index (χ4n) is 4.30. The van der Waals surface area contributed by atoms with Crippen LogP contribution in [0.4, 0.5) is 0 Å². The molecule has 3 heterocycles. The molecule has 0 atom stereocenters. The van der Waals surface area contributed by atoms with E-state index in [9.17, 15) is 4.79 Å². The van der Waals surface area contributed by atoms with E-state index in [1.807, 2.05) is 12.3 Å². The van der Waals surface area contributed by atoms with Crippen LogP contribution < -0.4 is 5.32 Å². The third-order valence-electron chi connectivity index (χ3n) is 5.76. The summed E-state index contributed by atoms with van der Waals surface area (Å²) in [6, 6.07) is 1.83. The Balaban J connectivity index is 1.48. The molecule has 0 aromatic carbocycles.